The quantitative estimate of drug-likeness (QED) is 0.125. The van der Waals surface area contributed by atoms with E-state index in [1.54, 1.807) is 19.1 Å². The smallest absolute Gasteiger partial charge is 0.254 e. The van der Waals surface area contributed by atoms with E-state index in [2.05, 4.69) is 15.4 Å². The topological polar surface area (TPSA) is 137 Å². The highest BCUT2D eigenvalue weighted by Gasteiger charge is 2.26. The molecule has 0 aliphatic carbocycles. The SMILES string of the molecule is CCS(=O)(=O)Nc1cc(C(=O)N[C@@H](Cc2ccccc2)[C@H](O)CN[C@H](C)c2ccc(OC)cc2)cc(C(=O)N(C)[C@@H](C)c2ccccc2)c1. The number of methoxy groups -OCH3 is 1. The van der Waals surface area contributed by atoms with Crippen LogP contribution in [0.3, 0.4) is 0 Å². The van der Waals surface area contributed by atoms with Crippen LogP contribution in [0.15, 0.2) is 103 Å². The van der Waals surface area contributed by atoms with E-state index in [4.69, 9.17) is 4.74 Å². The fourth-order valence-electron chi connectivity index (χ4n) is 5.38. The van der Waals surface area contributed by atoms with Crippen LogP contribution >= 0.6 is 0 Å². The molecule has 4 aromatic carbocycles. The van der Waals surface area contributed by atoms with Crippen molar-refractivity contribution in [3.05, 3.63) is 131 Å². The van der Waals surface area contributed by atoms with Gasteiger partial charge in [0, 0.05) is 30.8 Å². The van der Waals surface area contributed by atoms with Crippen molar-refractivity contribution in [3.63, 3.8) is 0 Å². The Labute approximate surface area is 289 Å². The summed E-state index contributed by atoms with van der Waals surface area (Å²) in [5, 5.41) is 17.7. The Morgan fingerprint density at radius 3 is 2.08 bits per heavy atom. The van der Waals surface area contributed by atoms with Crippen LogP contribution in [0.5, 0.6) is 5.75 Å². The van der Waals surface area contributed by atoms with Gasteiger partial charge in [-0.05, 0) is 74.2 Å². The Morgan fingerprint density at radius 1 is 0.857 bits per heavy atom. The van der Waals surface area contributed by atoms with E-state index < -0.39 is 28.1 Å². The van der Waals surface area contributed by atoms with Gasteiger partial charge in [-0.25, -0.2) is 8.42 Å². The molecule has 0 saturated carbocycles. The van der Waals surface area contributed by atoms with Crippen molar-refractivity contribution in [2.45, 2.75) is 51.4 Å². The average molecular weight is 687 g/mol. The molecule has 0 radical (unpaired) electrons. The number of nitrogens with one attached hydrogen (secondary N) is 3. The molecular weight excluding hydrogens is 641 g/mol. The zero-order valence-electron chi connectivity index (χ0n) is 28.6. The maximum absolute atomic E-state index is 13.9. The highest BCUT2D eigenvalue weighted by molar-refractivity contribution is 7.92. The van der Waals surface area contributed by atoms with Crippen molar-refractivity contribution < 1.29 is 27.9 Å². The number of aliphatic hydroxyl groups excluding tert-OH is 1. The minimum Gasteiger partial charge on any atom is -0.497 e. The first-order chi connectivity index (χ1) is 23.4. The molecule has 10 nitrogen and oxygen atoms in total. The molecule has 4 N–H and O–H groups in total. The molecule has 4 rings (SSSR count). The fourth-order valence-corrected chi connectivity index (χ4v) is 6.00. The van der Waals surface area contributed by atoms with Crippen molar-refractivity contribution in [1.29, 1.82) is 0 Å². The summed E-state index contributed by atoms with van der Waals surface area (Å²) in [7, 11) is -0.448. The number of anilines is 1. The lowest BCUT2D eigenvalue weighted by molar-refractivity contribution is 0.0742. The molecule has 0 spiro atoms. The third kappa shape index (κ3) is 10.4. The molecule has 4 aromatic rings. The highest BCUT2D eigenvalue weighted by Crippen LogP contribution is 2.24. The second-order valence-corrected chi connectivity index (χ2v) is 14.1. The molecule has 4 atom stereocenters. The van der Waals surface area contributed by atoms with E-state index in [1.165, 1.54) is 25.1 Å². The van der Waals surface area contributed by atoms with Crippen LogP contribution in [0.4, 0.5) is 5.69 Å². The predicted octanol–water partition coefficient (Wildman–Crippen LogP) is 5.34. The van der Waals surface area contributed by atoms with Crippen LogP contribution in [-0.2, 0) is 16.4 Å². The van der Waals surface area contributed by atoms with Crippen LogP contribution in [0, 0.1) is 0 Å². The standard InChI is InChI=1S/C38H46N4O6S/c1-6-49(46,47)41-33-23-31(22-32(24-33)38(45)42(4)27(3)30-15-11-8-12-16-30)37(44)40-35(21-28-13-9-7-10-14-28)36(43)25-39-26(2)29-17-19-34(48-5)20-18-29/h7-20,22-24,26-27,35-36,39,41,43H,6,21,25H2,1-5H3,(H,40,44)/t26-,27+,35+,36-/m1/s1. The van der Waals surface area contributed by atoms with Gasteiger partial charge in [-0.15, -0.1) is 0 Å². The van der Waals surface area contributed by atoms with Gasteiger partial charge in [0.2, 0.25) is 10.0 Å². The number of rotatable bonds is 16. The summed E-state index contributed by atoms with van der Waals surface area (Å²) in [5.74, 6) is -0.394. The Hall–Kier alpha value is -4.71. The number of carbonyl (C=O) groups excluding carboxylic acids is 2. The number of aliphatic hydroxyl groups is 1. The Morgan fingerprint density at radius 2 is 1.47 bits per heavy atom. The van der Waals surface area contributed by atoms with Gasteiger partial charge in [0.25, 0.3) is 11.8 Å². The van der Waals surface area contributed by atoms with Crippen LogP contribution in [0.1, 0.15) is 70.3 Å². The second-order valence-electron chi connectivity index (χ2n) is 12.0. The van der Waals surface area contributed by atoms with E-state index in [0.717, 1.165) is 22.4 Å². The summed E-state index contributed by atoms with van der Waals surface area (Å²) in [6, 6.07) is 29.8. The molecule has 0 saturated heterocycles. The van der Waals surface area contributed by atoms with E-state index >= 15 is 0 Å². The first-order valence-electron chi connectivity index (χ1n) is 16.3. The lowest BCUT2D eigenvalue weighted by atomic mass is 9.99. The van der Waals surface area contributed by atoms with Gasteiger partial charge >= 0.3 is 0 Å². The molecule has 0 aliphatic rings. The molecule has 2 amide bonds. The summed E-state index contributed by atoms with van der Waals surface area (Å²) in [4.78, 5) is 29.2. The van der Waals surface area contributed by atoms with Crippen LogP contribution < -0.4 is 20.1 Å². The number of amides is 2. The lowest BCUT2D eigenvalue weighted by Gasteiger charge is -2.27. The average Bonchev–Trinajstić information content (AvgIpc) is 3.12. The number of ether oxygens (including phenoxy) is 1. The number of hydrogen-bond acceptors (Lipinski definition) is 7. The molecule has 11 heteroatoms. The maximum Gasteiger partial charge on any atom is 0.254 e. The van der Waals surface area contributed by atoms with Gasteiger partial charge in [-0.3, -0.25) is 14.3 Å². The van der Waals surface area contributed by atoms with Crippen molar-refractivity contribution >= 4 is 27.5 Å². The Kier molecular flexibility index (Phi) is 13.0. The highest BCUT2D eigenvalue weighted by atomic mass is 32.2. The third-order valence-electron chi connectivity index (χ3n) is 8.61. The molecule has 260 valence electrons. The van der Waals surface area contributed by atoms with E-state index in [1.807, 2.05) is 98.8 Å². The zero-order valence-corrected chi connectivity index (χ0v) is 29.4. The fraction of sp³-hybridized carbons (Fsp3) is 0.316. The van der Waals surface area contributed by atoms with Crippen molar-refractivity contribution in [2.24, 2.45) is 0 Å². The van der Waals surface area contributed by atoms with Crippen molar-refractivity contribution in [3.8, 4) is 5.75 Å². The molecule has 0 fully saturated rings. The molecular formula is C38H46N4O6S. The molecule has 0 heterocycles. The third-order valence-corrected chi connectivity index (χ3v) is 9.91. The molecule has 0 aromatic heterocycles. The number of hydrogen-bond donors (Lipinski definition) is 4. The first kappa shape index (κ1) is 37.1. The van der Waals surface area contributed by atoms with Crippen molar-refractivity contribution in [2.75, 3.05) is 31.2 Å². The summed E-state index contributed by atoms with van der Waals surface area (Å²) in [5.41, 5.74) is 3.14. The van der Waals surface area contributed by atoms with Crippen LogP contribution in [-0.4, -0.2) is 68.8 Å². The summed E-state index contributed by atoms with van der Waals surface area (Å²) < 4.78 is 32.8. The van der Waals surface area contributed by atoms with Gasteiger partial charge in [0.05, 0.1) is 36.7 Å². The zero-order chi connectivity index (χ0) is 35.6. The van der Waals surface area contributed by atoms with E-state index in [0.29, 0.717) is 6.42 Å². The van der Waals surface area contributed by atoms with Gasteiger partial charge in [-0.2, -0.15) is 0 Å². The van der Waals surface area contributed by atoms with Crippen LogP contribution in [0.2, 0.25) is 0 Å². The summed E-state index contributed by atoms with van der Waals surface area (Å²) >= 11 is 0. The number of benzene rings is 4. The monoisotopic (exact) mass is 686 g/mol. The molecule has 0 aliphatic heterocycles. The van der Waals surface area contributed by atoms with E-state index in [-0.39, 0.29) is 47.1 Å². The normalized spacial score (nSPS) is 13.8. The van der Waals surface area contributed by atoms with E-state index in [9.17, 15) is 23.1 Å². The second kappa shape index (κ2) is 17.1. The van der Waals surface area contributed by atoms with Gasteiger partial charge < -0.3 is 25.4 Å². The summed E-state index contributed by atoms with van der Waals surface area (Å²) in [6.45, 7) is 5.55. The number of nitrogens with zero attached hydrogens (tertiary/aromatic N) is 1. The van der Waals surface area contributed by atoms with Crippen LogP contribution in [0.25, 0.3) is 0 Å². The predicted molar refractivity (Wildman–Crippen MR) is 193 cm³/mol. The van der Waals surface area contributed by atoms with Gasteiger partial charge in [0.1, 0.15) is 5.75 Å². The van der Waals surface area contributed by atoms with Gasteiger partial charge in [0.15, 0.2) is 0 Å². The minimum absolute atomic E-state index is 0.0743. The largest absolute Gasteiger partial charge is 0.497 e. The van der Waals surface area contributed by atoms with Crippen molar-refractivity contribution in [1.82, 2.24) is 15.5 Å². The Bertz CT molecular complexity index is 1790. The Balaban J connectivity index is 1.60. The number of carbonyl (C=O) groups is 2. The maximum atomic E-state index is 13.9. The first-order valence-corrected chi connectivity index (χ1v) is 17.9. The number of sulfonamides is 1. The molecule has 49 heavy (non-hydrogen) atoms. The minimum atomic E-state index is -3.72. The molecule has 0 unspecified atom stereocenters. The summed E-state index contributed by atoms with van der Waals surface area (Å²) in [6.07, 6.45) is -0.664. The molecule has 0 bridgehead atoms. The van der Waals surface area contributed by atoms with Gasteiger partial charge in [-0.1, -0.05) is 72.8 Å². The lowest BCUT2D eigenvalue weighted by Crippen LogP contribution is -2.49.